The van der Waals surface area contributed by atoms with Gasteiger partial charge in [-0.3, -0.25) is 0 Å². The van der Waals surface area contributed by atoms with E-state index in [1.807, 2.05) is 11.3 Å². The first-order valence-corrected chi connectivity index (χ1v) is 8.52. The van der Waals surface area contributed by atoms with Crippen molar-refractivity contribution in [2.45, 2.75) is 78.0 Å². The van der Waals surface area contributed by atoms with E-state index in [-0.39, 0.29) is 5.41 Å². The summed E-state index contributed by atoms with van der Waals surface area (Å²) in [7, 11) is 0. The molecule has 114 valence electrons. The number of nitrogens with zero attached hydrogens (tertiary/aromatic N) is 1. The average Bonchev–Trinajstić information content (AvgIpc) is 2.95. The number of rotatable bonds is 5. The first-order valence-electron chi connectivity index (χ1n) is 7.70. The molecule has 0 aromatic carbocycles. The smallest absolute Gasteiger partial charge is 0.0957 e. The molecule has 20 heavy (non-hydrogen) atoms. The fourth-order valence-electron chi connectivity index (χ4n) is 2.49. The molecule has 1 aromatic heterocycles. The van der Waals surface area contributed by atoms with Gasteiger partial charge in [-0.15, -0.1) is 11.3 Å². The molecule has 1 unspecified atom stereocenters. The van der Waals surface area contributed by atoms with Crippen LogP contribution in [-0.4, -0.2) is 23.7 Å². The third-order valence-corrected chi connectivity index (χ3v) is 4.63. The zero-order chi connectivity index (χ0) is 14.8. The predicted octanol–water partition coefficient (Wildman–Crippen LogP) is 3.66. The highest BCUT2D eigenvalue weighted by Crippen LogP contribution is 2.31. The second-order valence-electron chi connectivity index (χ2n) is 7.00. The van der Waals surface area contributed by atoms with Gasteiger partial charge in [0.15, 0.2) is 0 Å². The molecule has 0 amide bonds. The van der Waals surface area contributed by atoms with Crippen molar-refractivity contribution >= 4 is 11.3 Å². The Morgan fingerprint density at radius 2 is 2.15 bits per heavy atom. The average molecular weight is 296 g/mol. The molecule has 0 spiro atoms. The van der Waals surface area contributed by atoms with Crippen LogP contribution in [0.25, 0.3) is 0 Å². The van der Waals surface area contributed by atoms with Gasteiger partial charge in [-0.1, -0.05) is 34.6 Å². The number of thiazole rings is 1. The third kappa shape index (κ3) is 4.27. The van der Waals surface area contributed by atoms with Gasteiger partial charge in [-0.2, -0.15) is 0 Å². The Labute approximate surface area is 127 Å². The van der Waals surface area contributed by atoms with Crippen LogP contribution in [0.4, 0.5) is 0 Å². The van der Waals surface area contributed by atoms with Crippen molar-refractivity contribution in [2.75, 3.05) is 6.61 Å². The topological polar surface area (TPSA) is 34.1 Å². The highest BCUT2D eigenvalue weighted by Gasteiger charge is 2.25. The fourth-order valence-corrected chi connectivity index (χ4v) is 3.79. The van der Waals surface area contributed by atoms with E-state index in [2.05, 4.69) is 39.9 Å². The molecule has 1 N–H and O–H groups in total. The quantitative estimate of drug-likeness (QED) is 0.900. The normalized spacial score (nSPS) is 20.0. The summed E-state index contributed by atoms with van der Waals surface area (Å²) in [5.41, 5.74) is 1.36. The molecular weight excluding hydrogens is 268 g/mol. The molecule has 3 nitrogen and oxygen atoms in total. The van der Waals surface area contributed by atoms with Gasteiger partial charge in [-0.25, -0.2) is 4.98 Å². The van der Waals surface area contributed by atoms with Crippen LogP contribution in [0.15, 0.2) is 0 Å². The lowest BCUT2D eigenvalue weighted by molar-refractivity contribution is 0.111. The second kappa shape index (κ2) is 6.54. The maximum Gasteiger partial charge on any atom is 0.0957 e. The molecule has 0 radical (unpaired) electrons. The summed E-state index contributed by atoms with van der Waals surface area (Å²) in [4.78, 5) is 6.31. The second-order valence-corrected chi connectivity index (χ2v) is 8.17. The van der Waals surface area contributed by atoms with E-state index < -0.39 is 0 Å². The van der Waals surface area contributed by atoms with E-state index in [4.69, 9.17) is 9.72 Å². The summed E-state index contributed by atoms with van der Waals surface area (Å²) in [5, 5.41) is 4.76. The molecule has 0 saturated carbocycles. The van der Waals surface area contributed by atoms with Crippen molar-refractivity contribution in [3.63, 3.8) is 0 Å². The van der Waals surface area contributed by atoms with Crippen LogP contribution in [0, 0.1) is 0 Å². The van der Waals surface area contributed by atoms with Gasteiger partial charge >= 0.3 is 0 Å². The van der Waals surface area contributed by atoms with Crippen LogP contribution in [0.2, 0.25) is 0 Å². The standard InChI is InChI=1S/C16H28N2OS/c1-11(2)17-10-13-15(16(3,4)5)18-14(20-13)9-12-7-6-8-19-12/h11-12,17H,6-10H2,1-5H3. The number of hydrogen-bond acceptors (Lipinski definition) is 4. The Bertz CT molecular complexity index is 428. The lowest BCUT2D eigenvalue weighted by atomic mass is 9.91. The zero-order valence-corrected chi connectivity index (χ0v) is 14.3. The third-order valence-electron chi connectivity index (χ3n) is 3.55. The Hall–Kier alpha value is -0.450. The number of ether oxygens (including phenoxy) is 1. The van der Waals surface area contributed by atoms with Gasteiger partial charge < -0.3 is 10.1 Å². The monoisotopic (exact) mass is 296 g/mol. The van der Waals surface area contributed by atoms with Gasteiger partial charge in [0.05, 0.1) is 16.8 Å². The first-order chi connectivity index (χ1) is 9.36. The fraction of sp³-hybridized carbons (Fsp3) is 0.812. The van der Waals surface area contributed by atoms with E-state index in [0.717, 1.165) is 19.6 Å². The maximum absolute atomic E-state index is 5.74. The van der Waals surface area contributed by atoms with Crippen LogP contribution in [0.5, 0.6) is 0 Å². The summed E-state index contributed by atoms with van der Waals surface area (Å²) in [6.45, 7) is 13.0. The Balaban J connectivity index is 2.13. The van der Waals surface area contributed by atoms with Crippen LogP contribution in [0.3, 0.4) is 0 Å². The SMILES string of the molecule is CC(C)NCc1sc(CC2CCCO2)nc1C(C)(C)C. The minimum absolute atomic E-state index is 0.110. The summed E-state index contributed by atoms with van der Waals surface area (Å²) < 4.78 is 5.74. The van der Waals surface area contributed by atoms with Gasteiger partial charge in [-0.05, 0) is 12.8 Å². The highest BCUT2D eigenvalue weighted by atomic mass is 32.1. The van der Waals surface area contributed by atoms with Crippen molar-refractivity contribution in [3.8, 4) is 0 Å². The molecule has 1 aromatic rings. The number of hydrogen-bond donors (Lipinski definition) is 1. The Kier molecular flexibility index (Phi) is 5.21. The summed E-state index contributed by atoms with van der Waals surface area (Å²) in [6, 6.07) is 0.506. The van der Waals surface area contributed by atoms with E-state index in [0.29, 0.717) is 12.1 Å². The maximum atomic E-state index is 5.74. The lowest BCUT2D eigenvalue weighted by Crippen LogP contribution is -2.23. The van der Waals surface area contributed by atoms with Crippen LogP contribution in [0.1, 0.15) is 63.0 Å². The van der Waals surface area contributed by atoms with Gasteiger partial charge in [0.1, 0.15) is 0 Å². The largest absolute Gasteiger partial charge is 0.378 e. The van der Waals surface area contributed by atoms with Crippen LogP contribution in [-0.2, 0) is 23.1 Å². The number of nitrogens with one attached hydrogen (secondary N) is 1. The van der Waals surface area contributed by atoms with Crippen molar-refractivity contribution < 1.29 is 4.74 Å². The number of aromatic nitrogens is 1. The molecule has 0 aliphatic carbocycles. The molecule has 1 atom stereocenters. The van der Waals surface area contributed by atoms with E-state index in [1.165, 1.54) is 28.4 Å². The van der Waals surface area contributed by atoms with Crippen LogP contribution < -0.4 is 5.32 Å². The molecular formula is C16H28N2OS. The molecule has 0 bridgehead atoms. The molecule has 2 heterocycles. The predicted molar refractivity (Wildman–Crippen MR) is 85.5 cm³/mol. The lowest BCUT2D eigenvalue weighted by Gasteiger charge is -2.18. The first kappa shape index (κ1) is 15.9. The van der Waals surface area contributed by atoms with Crippen LogP contribution >= 0.6 is 11.3 Å². The van der Waals surface area contributed by atoms with Crippen molar-refractivity contribution in [1.82, 2.24) is 10.3 Å². The molecule has 1 fully saturated rings. The summed E-state index contributed by atoms with van der Waals surface area (Å²) in [6.07, 6.45) is 3.75. The molecule has 1 saturated heterocycles. The highest BCUT2D eigenvalue weighted by molar-refractivity contribution is 7.11. The minimum atomic E-state index is 0.110. The van der Waals surface area contributed by atoms with Gasteiger partial charge in [0, 0.05) is 35.9 Å². The summed E-state index contributed by atoms with van der Waals surface area (Å²) in [5.74, 6) is 0. The van der Waals surface area contributed by atoms with Gasteiger partial charge in [0.2, 0.25) is 0 Å². The molecule has 1 aliphatic heterocycles. The molecule has 2 rings (SSSR count). The Morgan fingerprint density at radius 3 is 2.70 bits per heavy atom. The summed E-state index contributed by atoms with van der Waals surface area (Å²) >= 11 is 1.86. The molecule has 4 heteroatoms. The Morgan fingerprint density at radius 1 is 1.40 bits per heavy atom. The minimum Gasteiger partial charge on any atom is -0.378 e. The van der Waals surface area contributed by atoms with E-state index >= 15 is 0 Å². The van der Waals surface area contributed by atoms with Gasteiger partial charge in [0.25, 0.3) is 0 Å². The van der Waals surface area contributed by atoms with Crippen molar-refractivity contribution in [1.29, 1.82) is 0 Å². The molecule has 1 aliphatic rings. The van der Waals surface area contributed by atoms with E-state index in [1.54, 1.807) is 0 Å². The van der Waals surface area contributed by atoms with E-state index in [9.17, 15) is 0 Å². The van der Waals surface area contributed by atoms with Crippen molar-refractivity contribution in [2.24, 2.45) is 0 Å². The zero-order valence-electron chi connectivity index (χ0n) is 13.5. The van der Waals surface area contributed by atoms with Crippen molar-refractivity contribution in [3.05, 3.63) is 15.6 Å².